The Bertz CT molecular complexity index is 949. The molecule has 1 unspecified atom stereocenters. The highest BCUT2D eigenvalue weighted by Crippen LogP contribution is 2.24. The first-order chi connectivity index (χ1) is 13.1. The minimum atomic E-state index is 0.0197. The van der Waals surface area contributed by atoms with Crippen LogP contribution in [0.5, 0.6) is 5.75 Å². The van der Waals surface area contributed by atoms with Gasteiger partial charge in [-0.1, -0.05) is 42.5 Å². The summed E-state index contributed by atoms with van der Waals surface area (Å²) in [6, 6.07) is 20.0. The van der Waals surface area contributed by atoms with Gasteiger partial charge in [-0.3, -0.25) is 9.48 Å². The first-order valence-electron chi connectivity index (χ1n) is 9.21. The van der Waals surface area contributed by atoms with E-state index in [1.165, 1.54) is 0 Å². The minimum absolute atomic E-state index is 0.0197. The molecule has 1 aromatic heterocycles. The van der Waals surface area contributed by atoms with Crippen molar-refractivity contribution in [3.05, 3.63) is 83.2 Å². The molecule has 0 spiro atoms. The zero-order chi connectivity index (χ0) is 18.8. The lowest BCUT2D eigenvalue weighted by atomic mass is 10.1. The largest absolute Gasteiger partial charge is 0.487 e. The highest BCUT2D eigenvalue weighted by Gasteiger charge is 2.30. The fourth-order valence-electron chi connectivity index (χ4n) is 3.46. The van der Waals surface area contributed by atoms with Gasteiger partial charge in [0.1, 0.15) is 23.7 Å². The van der Waals surface area contributed by atoms with Crippen molar-refractivity contribution in [1.29, 1.82) is 0 Å². The monoisotopic (exact) mass is 361 g/mol. The number of amides is 1. The molecule has 0 saturated heterocycles. The van der Waals surface area contributed by atoms with Crippen LogP contribution in [0.15, 0.2) is 60.7 Å². The van der Waals surface area contributed by atoms with Gasteiger partial charge in [0.15, 0.2) is 0 Å². The van der Waals surface area contributed by atoms with E-state index in [-0.39, 0.29) is 11.9 Å². The third-order valence-corrected chi connectivity index (χ3v) is 4.79. The summed E-state index contributed by atoms with van der Waals surface area (Å²) in [6.07, 6.45) is 0. The van der Waals surface area contributed by atoms with Crippen LogP contribution in [0.2, 0.25) is 0 Å². The van der Waals surface area contributed by atoms with Crippen molar-refractivity contribution >= 4 is 5.91 Å². The van der Waals surface area contributed by atoms with Crippen molar-refractivity contribution in [2.45, 2.75) is 33.0 Å². The van der Waals surface area contributed by atoms with Crippen LogP contribution in [0.25, 0.3) is 0 Å². The molecule has 3 aromatic rings. The van der Waals surface area contributed by atoms with Crippen molar-refractivity contribution in [1.82, 2.24) is 14.7 Å². The second-order valence-electron chi connectivity index (χ2n) is 7.09. The lowest BCUT2D eigenvalue weighted by Gasteiger charge is -2.31. The molecule has 138 valence electrons. The van der Waals surface area contributed by atoms with Crippen LogP contribution in [-0.2, 0) is 13.2 Å². The summed E-state index contributed by atoms with van der Waals surface area (Å²) in [6.45, 7) is 5.74. The van der Waals surface area contributed by atoms with Crippen molar-refractivity contribution < 1.29 is 9.53 Å². The smallest absolute Gasteiger partial charge is 0.272 e. The molecule has 0 radical (unpaired) electrons. The van der Waals surface area contributed by atoms with E-state index in [4.69, 9.17) is 4.74 Å². The highest BCUT2D eigenvalue weighted by molar-refractivity contribution is 5.93. The van der Waals surface area contributed by atoms with Gasteiger partial charge in [-0.25, -0.2) is 0 Å². The summed E-state index contributed by atoms with van der Waals surface area (Å²) < 4.78 is 7.67. The molecule has 1 aliphatic rings. The molecule has 4 rings (SSSR count). The first kappa shape index (κ1) is 17.3. The van der Waals surface area contributed by atoms with Crippen LogP contribution in [0.3, 0.4) is 0 Å². The Morgan fingerprint density at radius 3 is 2.70 bits per heavy atom. The molecule has 0 aliphatic carbocycles. The molecule has 0 saturated carbocycles. The van der Waals surface area contributed by atoms with E-state index in [2.05, 4.69) is 12.0 Å². The van der Waals surface area contributed by atoms with Crippen molar-refractivity contribution in [3.8, 4) is 5.75 Å². The molecule has 0 fully saturated rings. The molecular formula is C22H23N3O2. The zero-order valence-corrected chi connectivity index (χ0v) is 15.6. The van der Waals surface area contributed by atoms with Crippen molar-refractivity contribution in [2.75, 3.05) is 6.54 Å². The number of nitrogens with zero attached hydrogens (tertiary/aromatic N) is 3. The number of carbonyl (C=O) groups excluding carboxylic acids is 1. The van der Waals surface area contributed by atoms with Crippen LogP contribution in [0, 0.1) is 6.92 Å². The van der Waals surface area contributed by atoms with Gasteiger partial charge in [-0.15, -0.1) is 0 Å². The third-order valence-electron chi connectivity index (χ3n) is 4.79. The normalized spacial score (nSPS) is 16.3. The Hall–Kier alpha value is -3.08. The van der Waals surface area contributed by atoms with Gasteiger partial charge in [0.05, 0.1) is 6.04 Å². The average Bonchev–Trinajstić information content (AvgIpc) is 3.10. The lowest BCUT2D eigenvalue weighted by Crippen LogP contribution is -2.41. The summed E-state index contributed by atoms with van der Waals surface area (Å²) in [7, 11) is 0. The molecule has 2 aromatic carbocycles. The van der Waals surface area contributed by atoms with E-state index >= 15 is 0 Å². The van der Waals surface area contributed by atoms with E-state index in [1.54, 1.807) is 0 Å². The SMILES string of the molecule is Cc1cccc(OCc2cc3n(n2)C(C)CN(Cc2ccccc2)C3=O)c1. The molecule has 1 amide bonds. The number of carbonyl (C=O) groups is 1. The quantitative estimate of drug-likeness (QED) is 0.690. The fraction of sp³-hybridized carbons (Fsp3) is 0.273. The number of ether oxygens (including phenoxy) is 1. The van der Waals surface area contributed by atoms with Crippen LogP contribution in [-0.4, -0.2) is 27.1 Å². The Morgan fingerprint density at radius 2 is 1.93 bits per heavy atom. The third kappa shape index (κ3) is 3.72. The molecule has 5 nitrogen and oxygen atoms in total. The van der Waals surface area contributed by atoms with Crippen LogP contribution in [0.1, 0.15) is 40.3 Å². The number of fused-ring (bicyclic) bond motifs is 1. The van der Waals surface area contributed by atoms with Gasteiger partial charge in [0.2, 0.25) is 0 Å². The summed E-state index contributed by atoms with van der Waals surface area (Å²) >= 11 is 0. The predicted octanol–water partition coefficient (Wildman–Crippen LogP) is 3.99. The number of rotatable bonds is 5. The second-order valence-corrected chi connectivity index (χ2v) is 7.09. The van der Waals surface area contributed by atoms with Gasteiger partial charge in [0.25, 0.3) is 5.91 Å². The standard InChI is InChI=1S/C22H23N3O2/c1-16-7-6-10-20(11-16)27-15-19-12-21-22(26)24(13-17(2)25(21)23-19)14-18-8-4-3-5-9-18/h3-12,17H,13-15H2,1-2H3. The summed E-state index contributed by atoms with van der Waals surface area (Å²) in [4.78, 5) is 14.8. The maximum Gasteiger partial charge on any atom is 0.272 e. The van der Waals surface area contributed by atoms with Gasteiger partial charge < -0.3 is 9.64 Å². The summed E-state index contributed by atoms with van der Waals surface area (Å²) in [5, 5.41) is 4.61. The molecule has 1 atom stereocenters. The second kappa shape index (κ2) is 7.27. The number of benzene rings is 2. The van der Waals surface area contributed by atoms with E-state index in [9.17, 15) is 4.79 Å². The van der Waals surface area contributed by atoms with Crippen LogP contribution in [0.4, 0.5) is 0 Å². The minimum Gasteiger partial charge on any atom is -0.487 e. The average molecular weight is 361 g/mol. The molecule has 0 bridgehead atoms. The number of hydrogen-bond acceptors (Lipinski definition) is 3. The molecule has 5 heteroatoms. The number of aryl methyl sites for hydroxylation is 1. The Labute approximate surface area is 159 Å². The number of aromatic nitrogens is 2. The van der Waals surface area contributed by atoms with Gasteiger partial charge in [-0.05, 0) is 43.2 Å². The number of hydrogen-bond donors (Lipinski definition) is 0. The zero-order valence-electron chi connectivity index (χ0n) is 15.6. The summed E-state index contributed by atoms with van der Waals surface area (Å²) in [5.74, 6) is 0.831. The Kier molecular flexibility index (Phi) is 4.67. The molecular weight excluding hydrogens is 338 g/mol. The highest BCUT2D eigenvalue weighted by atomic mass is 16.5. The predicted molar refractivity (Wildman–Crippen MR) is 104 cm³/mol. The molecule has 1 aliphatic heterocycles. The lowest BCUT2D eigenvalue weighted by molar-refractivity contribution is 0.0651. The van der Waals surface area contributed by atoms with Crippen molar-refractivity contribution in [3.63, 3.8) is 0 Å². The molecule has 0 N–H and O–H groups in total. The molecule has 27 heavy (non-hydrogen) atoms. The van der Waals surface area contributed by atoms with E-state index in [0.29, 0.717) is 25.4 Å². The van der Waals surface area contributed by atoms with Gasteiger partial charge in [0, 0.05) is 13.1 Å². The topological polar surface area (TPSA) is 47.4 Å². The van der Waals surface area contributed by atoms with E-state index < -0.39 is 0 Å². The molecule has 2 heterocycles. The Balaban J connectivity index is 1.50. The maximum absolute atomic E-state index is 12.9. The van der Waals surface area contributed by atoms with Gasteiger partial charge in [-0.2, -0.15) is 5.10 Å². The van der Waals surface area contributed by atoms with Crippen LogP contribution >= 0.6 is 0 Å². The van der Waals surface area contributed by atoms with Gasteiger partial charge >= 0.3 is 0 Å². The maximum atomic E-state index is 12.9. The van der Waals surface area contributed by atoms with Crippen LogP contribution < -0.4 is 4.74 Å². The summed E-state index contributed by atoms with van der Waals surface area (Å²) in [5.41, 5.74) is 3.69. The van der Waals surface area contributed by atoms with E-state index in [0.717, 1.165) is 22.6 Å². The van der Waals surface area contributed by atoms with E-state index in [1.807, 2.05) is 77.2 Å². The Morgan fingerprint density at radius 1 is 1.11 bits per heavy atom. The fourth-order valence-corrected chi connectivity index (χ4v) is 3.46. The van der Waals surface area contributed by atoms with Crippen molar-refractivity contribution in [2.24, 2.45) is 0 Å². The first-order valence-corrected chi connectivity index (χ1v) is 9.21.